The van der Waals surface area contributed by atoms with E-state index in [4.69, 9.17) is 4.74 Å². The van der Waals surface area contributed by atoms with Crippen LogP contribution in [0.15, 0.2) is 42.5 Å². The third-order valence-corrected chi connectivity index (χ3v) is 3.67. The monoisotopic (exact) mass is 416 g/mol. The third kappa shape index (κ3) is 7.05. The summed E-state index contributed by atoms with van der Waals surface area (Å²) in [5.41, 5.74) is -1.19. The van der Waals surface area contributed by atoms with Crippen molar-refractivity contribution in [3.8, 4) is 5.75 Å². The molecule has 156 valence electrons. The average molecular weight is 416 g/mol. The molecule has 2 rings (SSSR count). The molecular formula is C19H17F5N2O3. The topological polar surface area (TPSA) is 67.4 Å². The first-order valence-electron chi connectivity index (χ1n) is 8.47. The summed E-state index contributed by atoms with van der Waals surface area (Å²) in [6.45, 7) is -0.105. The number of carbonyl (C=O) groups excluding carboxylic acids is 2. The molecule has 0 spiro atoms. The zero-order chi connectivity index (χ0) is 21.4. The molecule has 0 fully saturated rings. The number of alkyl halides is 3. The van der Waals surface area contributed by atoms with Crippen molar-refractivity contribution in [2.45, 2.75) is 12.6 Å². The van der Waals surface area contributed by atoms with E-state index in [1.165, 1.54) is 12.1 Å². The van der Waals surface area contributed by atoms with Crippen molar-refractivity contribution in [3.63, 3.8) is 0 Å². The molecule has 0 atom stereocenters. The van der Waals surface area contributed by atoms with Crippen molar-refractivity contribution in [2.75, 3.05) is 19.7 Å². The number of amides is 2. The molecule has 0 aliphatic carbocycles. The van der Waals surface area contributed by atoms with Gasteiger partial charge in [0.1, 0.15) is 24.0 Å². The fourth-order valence-electron chi connectivity index (χ4n) is 2.27. The molecule has 5 nitrogen and oxygen atoms in total. The van der Waals surface area contributed by atoms with E-state index < -0.39 is 35.2 Å². The number of hydrogen-bond acceptors (Lipinski definition) is 3. The molecule has 0 saturated carbocycles. The number of rotatable bonds is 8. The maximum Gasteiger partial charge on any atom is 0.416 e. The van der Waals surface area contributed by atoms with Gasteiger partial charge in [0.25, 0.3) is 5.91 Å². The van der Waals surface area contributed by atoms with Gasteiger partial charge in [-0.25, -0.2) is 8.78 Å². The minimum absolute atomic E-state index is 0.0164. The second kappa shape index (κ2) is 9.85. The summed E-state index contributed by atoms with van der Waals surface area (Å²) in [5.74, 6) is -3.05. The summed E-state index contributed by atoms with van der Waals surface area (Å²) >= 11 is 0. The highest BCUT2D eigenvalue weighted by Gasteiger charge is 2.30. The van der Waals surface area contributed by atoms with Gasteiger partial charge < -0.3 is 15.4 Å². The fourth-order valence-corrected chi connectivity index (χ4v) is 2.27. The van der Waals surface area contributed by atoms with Gasteiger partial charge in [-0.1, -0.05) is 6.07 Å². The minimum atomic E-state index is -4.48. The van der Waals surface area contributed by atoms with Crippen molar-refractivity contribution >= 4 is 11.8 Å². The Morgan fingerprint density at radius 1 is 0.966 bits per heavy atom. The SMILES string of the molecule is O=C(CCNC(=O)c1ccc(F)cc1F)NCCOc1cccc(C(F)(F)F)c1. The van der Waals surface area contributed by atoms with Crippen molar-refractivity contribution in [3.05, 3.63) is 65.2 Å². The summed E-state index contributed by atoms with van der Waals surface area (Å²) in [6.07, 6.45) is -4.59. The Balaban J connectivity index is 1.67. The van der Waals surface area contributed by atoms with Gasteiger partial charge in [0.2, 0.25) is 5.91 Å². The van der Waals surface area contributed by atoms with Crippen LogP contribution in [0.5, 0.6) is 5.75 Å². The lowest BCUT2D eigenvalue weighted by Gasteiger charge is -2.11. The van der Waals surface area contributed by atoms with Crippen molar-refractivity contribution in [2.24, 2.45) is 0 Å². The predicted octanol–water partition coefficient (Wildman–Crippen LogP) is 3.30. The highest BCUT2D eigenvalue weighted by atomic mass is 19.4. The maximum absolute atomic E-state index is 13.5. The van der Waals surface area contributed by atoms with Crippen LogP contribution in [0.3, 0.4) is 0 Å². The van der Waals surface area contributed by atoms with Gasteiger partial charge in [0.15, 0.2) is 0 Å². The van der Waals surface area contributed by atoms with E-state index in [0.29, 0.717) is 6.07 Å². The van der Waals surface area contributed by atoms with E-state index in [1.54, 1.807) is 0 Å². The van der Waals surface area contributed by atoms with Gasteiger partial charge in [-0.2, -0.15) is 13.2 Å². The number of benzene rings is 2. The lowest BCUT2D eigenvalue weighted by molar-refractivity contribution is -0.137. The first-order chi connectivity index (χ1) is 13.7. The number of nitrogens with one attached hydrogen (secondary N) is 2. The van der Waals surface area contributed by atoms with Gasteiger partial charge >= 0.3 is 6.18 Å². The van der Waals surface area contributed by atoms with Gasteiger partial charge in [-0.15, -0.1) is 0 Å². The van der Waals surface area contributed by atoms with E-state index >= 15 is 0 Å². The zero-order valence-electron chi connectivity index (χ0n) is 15.0. The van der Waals surface area contributed by atoms with Gasteiger partial charge in [-0.05, 0) is 30.3 Å². The number of carbonyl (C=O) groups is 2. The van der Waals surface area contributed by atoms with E-state index in [-0.39, 0.29) is 37.4 Å². The van der Waals surface area contributed by atoms with Crippen molar-refractivity contribution in [1.29, 1.82) is 0 Å². The van der Waals surface area contributed by atoms with Crippen LogP contribution in [0.2, 0.25) is 0 Å². The highest BCUT2D eigenvalue weighted by Crippen LogP contribution is 2.31. The Morgan fingerprint density at radius 2 is 1.72 bits per heavy atom. The molecule has 10 heteroatoms. The Morgan fingerprint density at radius 3 is 2.41 bits per heavy atom. The summed E-state index contributed by atoms with van der Waals surface area (Å²) < 4.78 is 69.3. The molecule has 0 unspecified atom stereocenters. The second-order valence-electron chi connectivity index (χ2n) is 5.85. The van der Waals surface area contributed by atoms with Crippen LogP contribution < -0.4 is 15.4 Å². The van der Waals surface area contributed by atoms with Crippen LogP contribution in [0.25, 0.3) is 0 Å². The molecule has 2 aromatic carbocycles. The number of hydrogen-bond donors (Lipinski definition) is 2. The first-order valence-corrected chi connectivity index (χ1v) is 8.47. The van der Waals surface area contributed by atoms with E-state index in [1.807, 2.05) is 0 Å². The molecule has 2 N–H and O–H groups in total. The highest BCUT2D eigenvalue weighted by molar-refractivity contribution is 5.94. The average Bonchev–Trinajstić information content (AvgIpc) is 2.64. The van der Waals surface area contributed by atoms with Crippen LogP contribution in [-0.2, 0) is 11.0 Å². The van der Waals surface area contributed by atoms with Gasteiger partial charge in [-0.3, -0.25) is 9.59 Å². The van der Waals surface area contributed by atoms with Crippen LogP contribution in [0, 0.1) is 11.6 Å². The fraction of sp³-hybridized carbons (Fsp3) is 0.263. The molecule has 0 radical (unpaired) electrons. The standard InChI is InChI=1S/C19H17F5N2O3/c20-13-4-5-15(16(21)11-13)18(28)26-7-6-17(27)25-8-9-29-14-3-1-2-12(10-14)19(22,23)24/h1-5,10-11H,6-9H2,(H,25,27)(H,26,28). The summed E-state index contributed by atoms with van der Waals surface area (Å²) in [6, 6.07) is 6.85. The Hall–Kier alpha value is -3.17. The molecule has 2 aromatic rings. The largest absolute Gasteiger partial charge is 0.492 e. The maximum atomic E-state index is 13.5. The van der Waals surface area contributed by atoms with E-state index in [0.717, 1.165) is 24.3 Å². The zero-order valence-corrected chi connectivity index (χ0v) is 15.0. The van der Waals surface area contributed by atoms with Crippen molar-refractivity contribution in [1.82, 2.24) is 10.6 Å². The Bertz CT molecular complexity index is 871. The lowest BCUT2D eigenvalue weighted by Crippen LogP contribution is -2.33. The molecule has 0 heterocycles. The molecular weight excluding hydrogens is 399 g/mol. The van der Waals surface area contributed by atoms with Crippen LogP contribution >= 0.6 is 0 Å². The van der Waals surface area contributed by atoms with Crippen LogP contribution in [-0.4, -0.2) is 31.5 Å². The molecule has 0 aliphatic heterocycles. The van der Waals surface area contributed by atoms with Gasteiger partial charge in [0, 0.05) is 19.0 Å². The second-order valence-corrected chi connectivity index (χ2v) is 5.85. The summed E-state index contributed by atoms with van der Waals surface area (Å²) in [4.78, 5) is 23.4. The predicted molar refractivity (Wildman–Crippen MR) is 93.3 cm³/mol. The first kappa shape index (κ1) is 22.1. The third-order valence-electron chi connectivity index (χ3n) is 3.67. The molecule has 29 heavy (non-hydrogen) atoms. The Labute approximate surface area is 162 Å². The molecule has 0 bridgehead atoms. The van der Waals surface area contributed by atoms with E-state index in [9.17, 15) is 31.5 Å². The Kier molecular flexibility index (Phi) is 7.52. The smallest absolute Gasteiger partial charge is 0.416 e. The normalized spacial score (nSPS) is 11.1. The molecule has 0 saturated heterocycles. The summed E-state index contributed by atoms with van der Waals surface area (Å²) in [5, 5.41) is 4.80. The molecule has 2 amide bonds. The molecule has 0 aromatic heterocycles. The van der Waals surface area contributed by atoms with Crippen LogP contribution in [0.1, 0.15) is 22.3 Å². The number of halogens is 5. The van der Waals surface area contributed by atoms with Crippen LogP contribution in [0.4, 0.5) is 22.0 Å². The quantitative estimate of drug-likeness (QED) is 0.513. The van der Waals surface area contributed by atoms with Gasteiger partial charge in [0.05, 0.1) is 17.7 Å². The minimum Gasteiger partial charge on any atom is -0.492 e. The molecule has 0 aliphatic rings. The van der Waals surface area contributed by atoms with Crippen molar-refractivity contribution < 1.29 is 36.3 Å². The lowest BCUT2D eigenvalue weighted by atomic mass is 10.2. The summed E-state index contributed by atoms with van der Waals surface area (Å²) in [7, 11) is 0. The number of ether oxygens (including phenoxy) is 1. The van der Waals surface area contributed by atoms with E-state index in [2.05, 4.69) is 10.6 Å².